The number of halogens is 1. The van der Waals surface area contributed by atoms with E-state index in [0.717, 1.165) is 12.8 Å². The number of alkyl carbamates (subject to hydrolysis) is 1. The maximum atomic E-state index is 10.6. The van der Waals surface area contributed by atoms with Gasteiger partial charge < -0.3 is 10.1 Å². The number of hydrogen-bond acceptors (Lipinski definition) is 2. The van der Waals surface area contributed by atoms with Crippen LogP contribution in [-0.2, 0) is 4.74 Å². The van der Waals surface area contributed by atoms with Crippen molar-refractivity contribution in [3.8, 4) is 12.3 Å². The molecule has 0 heterocycles. The third kappa shape index (κ3) is 9.56. The standard InChI is InChI=1S/C8H13NO2.HI/c1-3-5-6-9-8(10)11-7-4-2;/h2H,3,5-7H2,1H3,(H,9,10);1H. The highest BCUT2D eigenvalue weighted by atomic mass is 127. The van der Waals surface area contributed by atoms with Gasteiger partial charge in [0.1, 0.15) is 0 Å². The van der Waals surface area contributed by atoms with Gasteiger partial charge in [-0.3, -0.25) is 0 Å². The SMILES string of the molecule is C#CCOC(=O)NCCCC.I. The van der Waals surface area contributed by atoms with Crippen LogP contribution in [0.4, 0.5) is 4.79 Å². The first-order chi connectivity index (χ1) is 5.31. The molecule has 0 unspecified atom stereocenters. The highest BCUT2D eigenvalue weighted by Gasteiger charge is 1.96. The highest BCUT2D eigenvalue weighted by Crippen LogP contribution is 1.83. The minimum absolute atomic E-state index is 0. The molecular formula is C8H14INO2. The molecule has 12 heavy (non-hydrogen) atoms. The van der Waals surface area contributed by atoms with E-state index in [2.05, 4.69) is 22.9 Å². The van der Waals surface area contributed by atoms with Crippen LogP contribution in [0.15, 0.2) is 0 Å². The molecule has 0 aromatic heterocycles. The largest absolute Gasteiger partial charge is 0.436 e. The summed E-state index contributed by atoms with van der Waals surface area (Å²) in [7, 11) is 0. The van der Waals surface area contributed by atoms with Crippen LogP contribution < -0.4 is 5.32 Å². The van der Waals surface area contributed by atoms with Gasteiger partial charge in [-0.25, -0.2) is 4.79 Å². The van der Waals surface area contributed by atoms with Gasteiger partial charge in [0, 0.05) is 6.54 Å². The second kappa shape index (κ2) is 10.6. The van der Waals surface area contributed by atoms with Gasteiger partial charge in [-0.15, -0.1) is 30.4 Å². The first-order valence-corrected chi connectivity index (χ1v) is 3.65. The Hall–Kier alpha value is -0.440. The monoisotopic (exact) mass is 283 g/mol. The summed E-state index contributed by atoms with van der Waals surface area (Å²) in [5, 5.41) is 2.56. The summed E-state index contributed by atoms with van der Waals surface area (Å²) in [5.74, 6) is 2.21. The topological polar surface area (TPSA) is 38.3 Å². The minimum atomic E-state index is -0.434. The summed E-state index contributed by atoms with van der Waals surface area (Å²) in [6, 6.07) is 0. The van der Waals surface area contributed by atoms with Crippen molar-refractivity contribution in [2.45, 2.75) is 19.8 Å². The Morgan fingerprint density at radius 1 is 1.67 bits per heavy atom. The number of nitrogens with one attached hydrogen (secondary N) is 1. The molecule has 0 aliphatic carbocycles. The molecule has 0 radical (unpaired) electrons. The van der Waals surface area contributed by atoms with Crippen LogP contribution in [0.2, 0.25) is 0 Å². The Morgan fingerprint density at radius 3 is 2.83 bits per heavy atom. The van der Waals surface area contributed by atoms with E-state index in [4.69, 9.17) is 6.42 Å². The van der Waals surface area contributed by atoms with Gasteiger partial charge in [0.05, 0.1) is 0 Å². The van der Waals surface area contributed by atoms with Crippen molar-refractivity contribution >= 4 is 30.1 Å². The first-order valence-electron chi connectivity index (χ1n) is 3.65. The van der Waals surface area contributed by atoms with Crippen molar-refractivity contribution in [1.29, 1.82) is 0 Å². The zero-order valence-corrected chi connectivity index (χ0v) is 9.46. The summed E-state index contributed by atoms with van der Waals surface area (Å²) in [5.41, 5.74) is 0. The predicted octanol–water partition coefficient (Wildman–Crippen LogP) is 1.76. The van der Waals surface area contributed by atoms with Gasteiger partial charge in [0.15, 0.2) is 6.61 Å². The van der Waals surface area contributed by atoms with Crippen molar-refractivity contribution in [2.24, 2.45) is 0 Å². The number of hydrogen-bond donors (Lipinski definition) is 1. The average Bonchev–Trinajstić information content (AvgIpc) is 2.01. The Labute approximate surface area is 90.3 Å². The molecule has 1 N–H and O–H groups in total. The van der Waals surface area contributed by atoms with E-state index >= 15 is 0 Å². The fourth-order valence-corrected chi connectivity index (χ4v) is 0.525. The molecule has 1 amide bonds. The van der Waals surface area contributed by atoms with Gasteiger partial charge in [-0.05, 0) is 6.42 Å². The lowest BCUT2D eigenvalue weighted by Crippen LogP contribution is -2.25. The fraction of sp³-hybridized carbons (Fsp3) is 0.625. The van der Waals surface area contributed by atoms with Gasteiger partial charge >= 0.3 is 6.09 Å². The molecule has 0 bridgehead atoms. The number of unbranched alkanes of at least 4 members (excludes halogenated alkanes) is 1. The molecule has 70 valence electrons. The van der Waals surface area contributed by atoms with Crippen LogP contribution in [0.25, 0.3) is 0 Å². The molecule has 0 spiro atoms. The van der Waals surface area contributed by atoms with Crippen molar-refractivity contribution in [3.63, 3.8) is 0 Å². The molecule has 0 aliphatic rings. The number of rotatable bonds is 4. The number of amides is 1. The second-order valence-corrected chi connectivity index (χ2v) is 2.06. The van der Waals surface area contributed by atoms with E-state index in [9.17, 15) is 4.79 Å². The van der Waals surface area contributed by atoms with Gasteiger partial charge in [0.2, 0.25) is 0 Å². The van der Waals surface area contributed by atoms with E-state index in [1.165, 1.54) is 0 Å². The molecule has 0 saturated carbocycles. The lowest BCUT2D eigenvalue weighted by molar-refractivity contribution is 0.160. The Bertz CT molecular complexity index is 154. The molecule has 0 atom stereocenters. The minimum Gasteiger partial charge on any atom is -0.436 e. The van der Waals surface area contributed by atoms with E-state index in [0.29, 0.717) is 6.54 Å². The van der Waals surface area contributed by atoms with Crippen LogP contribution >= 0.6 is 24.0 Å². The highest BCUT2D eigenvalue weighted by molar-refractivity contribution is 14.0. The van der Waals surface area contributed by atoms with E-state index < -0.39 is 6.09 Å². The first kappa shape index (κ1) is 14.1. The molecule has 0 aromatic rings. The maximum absolute atomic E-state index is 10.6. The second-order valence-electron chi connectivity index (χ2n) is 2.06. The Morgan fingerprint density at radius 2 is 2.33 bits per heavy atom. The summed E-state index contributed by atoms with van der Waals surface area (Å²) in [4.78, 5) is 10.6. The molecule has 0 aromatic carbocycles. The molecule has 0 rings (SSSR count). The van der Waals surface area contributed by atoms with Crippen molar-refractivity contribution in [3.05, 3.63) is 0 Å². The van der Waals surface area contributed by atoms with Crippen molar-refractivity contribution in [2.75, 3.05) is 13.2 Å². The third-order valence-corrected chi connectivity index (χ3v) is 1.09. The number of terminal acetylenes is 1. The van der Waals surface area contributed by atoms with Crippen molar-refractivity contribution < 1.29 is 9.53 Å². The summed E-state index contributed by atoms with van der Waals surface area (Å²) in [6.07, 6.45) is 6.46. The van der Waals surface area contributed by atoms with E-state index in [1.54, 1.807) is 0 Å². The molecule has 0 aliphatic heterocycles. The summed E-state index contributed by atoms with van der Waals surface area (Å²) >= 11 is 0. The third-order valence-electron chi connectivity index (χ3n) is 1.09. The van der Waals surface area contributed by atoms with Crippen LogP contribution in [0.3, 0.4) is 0 Å². The zero-order chi connectivity index (χ0) is 8.53. The van der Waals surface area contributed by atoms with E-state index in [1.807, 2.05) is 0 Å². The van der Waals surface area contributed by atoms with Crippen molar-refractivity contribution in [1.82, 2.24) is 5.32 Å². The van der Waals surface area contributed by atoms with Crippen LogP contribution in [0.1, 0.15) is 19.8 Å². The molecule has 0 saturated heterocycles. The summed E-state index contributed by atoms with van der Waals surface area (Å²) < 4.78 is 4.55. The van der Waals surface area contributed by atoms with E-state index in [-0.39, 0.29) is 30.6 Å². The van der Waals surface area contributed by atoms with Crippen LogP contribution in [-0.4, -0.2) is 19.2 Å². The fourth-order valence-electron chi connectivity index (χ4n) is 0.525. The van der Waals surface area contributed by atoms with Crippen LogP contribution in [0, 0.1) is 12.3 Å². The average molecular weight is 283 g/mol. The lowest BCUT2D eigenvalue weighted by atomic mass is 10.3. The van der Waals surface area contributed by atoms with Crippen LogP contribution in [0.5, 0.6) is 0 Å². The maximum Gasteiger partial charge on any atom is 0.408 e. The smallest absolute Gasteiger partial charge is 0.408 e. The molecule has 4 heteroatoms. The van der Waals surface area contributed by atoms with Gasteiger partial charge in [0.25, 0.3) is 0 Å². The predicted molar refractivity (Wildman–Crippen MR) is 58.5 cm³/mol. The van der Waals surface area contributed by atoms with Gasteiger partial charge in [-0.2, -0.15) is 0 Å². The van der Waals surface area contributed by atoms with Gasteiger partial charge in [-0.1, -0.05) is 19.3 Å². The lowest BCUT2D eigenvalue weighted by Gasteiger charge is -2.02. The molecule has 0 fully saturated rings. The number of carbonyl (C=O) groups is 1. The quantitative estimate of drug-likeness (QED) is 0.485. The normalized spacial score (nSPS) is 7.67. The molecular weight excluding hydrogens is 269 g/mol. The number of carbonyl (C=O) groups excluding carboxylic acids is 1. The zero-order valence-electron chi connectivity index (χ0n) is 7.13. The summed E-state index contributed by atoms with van der Waals surface area (Å²) in [6.45, 7) is 2.74. The Balaban J connectivity index is 0. The number of ether oxygens (including phenoxy) is 1. The Kier molecular flexibility index (Phi) is 12.4. The molecule has 3 nitrogen and oxygen atoms in total.